The molecule has 1 saturated heterocycles. The Morgan fingerprint density at radius 2 is 1.92 bits per heavy atom. The van der Waals surface area contributed by atoms with Crippen LogP contribution in [0.4, 0.5) is 9.18 Å². The van der Waals surface area contributed by atoms with Gasteiger partial charge in [0.2, 0.25) is 0 Å². The van der Waals surface area contributed by atoms with Gasteiger partial charge in [0.1, 0.15) is 17.0 Å². The fourth-order valence-corrected chi connectivity index (χ4v) is 4.87. The van der Waals surface area contributed by atoms with Crippen LogP contribution < -0.4 is 15.4 Å². The molecule has 0 spiro atoms. The van der Waals surface area contributed by atoms with E-state index in [0.29, 0.717) is 22.4 Å². The molecule has 9 nitrogen and oxygen atoms in total. The van der Waals surface area contributed by atoms with Crippen LogP contribution in [0.3, 0.4) is 0 Å². The molecule has 2 atom stereocenters. The van der Waals surface area contributed by atoms with E-state index in [0.717, 1.165) is 0 Å². The molecule has 184 valence electrons. The molecule has 1 aromatic heterocycles. The van der Waals surface area contributed by atoms with Crippen molar-refractivity contribution in [1.29, 1.82) is 0 Å². The number of methoxy groups -OCH3 is 1. The highest BCUT2D eigenvalue weighted by molar-refractivity contribution is 6.08. The van der Waals surface area contributed by atoms with Gasteiger partial charge in [-0.3, -0.25) is 19.9 Å². The van der Waals surface area contributed by atoms with Crippen molar-refractivity contribution >= 4 is 17.8 Å². The van der Waals surface area contributed by atoms with Crippen molar-refractivity contribution in [2.75, 3.05) is 13.7 Å². The van der Waals surface area contributed by atoms with E-state index in [1.165, 1.54) is 24.1 Å². The molecular weight excluding hydrogens is 467 g/mol. The molecule has 0 saturated carbocycles. The van der Waals surface area contributed by atoms with Gasteiger partial charge in [0, 0.05) is 24.2 Å². The van der Waals surface area contributed by atoms with Gasteiger partial charge in [-0.15, -0.1) is 0 Å². The summed E-state index contributed by atoms with van der Waals surface area (Å²) in [5, 5.41) is 15.1. The van der Waals surface area contributed by atoms with E-state index in [1.807, 2.05) is 0 Å². The quantitative estimate of drug-likeness (QED) is 0.457. The maximum absolute atomic E-state index is 14.8. The molecule has 10 heteroatoms. The first kappa shape index (κ1) is 23.3. The molecule has 3 aromatic rings. The number of imide groups is 1. The second kappa shape index (κ2) is 8.63. The number of hydrogen-bond donors (Lipinski definition) is 3. The first-order chi connectivity index (χ1) is 17.2. The highest BCUT2D eigenvalue weighted by Crippen LogP contribution is 2.37. The third-order valence-corrected chi connectivity index (χ3v) is 6.89. The van der Waals surface area contributed by atoms with E-state index in [9.17, 15) is 23.9 Å². The Bertz CT molecular complexity index is 1390. The third kappa shape index (κ3) is 3.62. The zero-order valence-corrected chi connectivity index (χ0v) is 19.5. The second-order valence-electron chi connectivity index (χ2n) is 8.87. The minimum absolute atomic E-state index is 0.0353. The van der Waals surface area contributed by atoms with Gasteiger partial charge in [-0.25, -0.2) is 9.18 Å². The molecule has 0 bridgehead atoms. The zero-order valence-electron chi connectivity index (χ0n) is 19.5. The van der Waals surface area contributed by atoms with E-state index >= 15 is 0 Å². The Hall–Kier alpha value is -4.47. The summed E-state index contributed by atoms with van der Waals surface area (Å²) >= 11 is 0. The number of urea groups is 1. The number of carbonyl (C=O) groups is 3. The van der Waals surface area contributed by atoms with Gasteiger partial charge < -0.3 is 20.1 Å². The van der Waals surface area contributed by atoms with E-state index in [4.69, 9.17) is 4.74 Å². The van der Waals surface area contributed by atoms with Gasteiger partial charge in [0.15, 0.2) is 11.6 Å². The molecule has 1 fully saturated rings. The molecule has 2 aliphatic heterocycles. The third-order valence-electron chi connectivity index (χ3n) is 6.89. The summed E-state index contributed by atoms with van der Waals surface area (Å²) in [6.45, 7) is 1.70. The maximum Gasteiger partial charge on any atom is 0.322 e. The fraction of sp³-hybridized carbons (Fsp3) is 0.231. The van der Waals surface area contributed by atoms with Gasteiger partial charge >= 0.3 is 6.03 Å². The smallest absolute Gasteiger partial charge is 0.322 e. The Morgan fingerprint density at radius 1 is 1.17 bits per heavy atom. The molecule has 36 heavy (non-hydrogen) atoms. The van der Waals surface area contributed by atoms with Crippen LogP contribution >= 0.6 is 0 Å². The van der Waals surface area contributed by atoms with Crippen molar-refractivity contribution in [3.05, 3.63) is 77.2 Å². The number of aromatic nitrogens is 1. The lowest BCUT2D eigenvalue weighted by Crippen LogP contribution is -2.58. The average molecular weight is 490 g/mol. The predicted octanol–water partition coefficient (Wildman–Crippen LogP) is 2.94. The summed E-state index contributed by atoms with van der Waals surface area (Å²) in [5.41, 5.74) is 0.698. The van der Waals surface area contributed by atoms with E-state index in [2.05, 4.69) is 15.6 Å². The lowest BCUT2D eigenvalue weighted by atomic mass is 9.79. The number of nitrogens with one attached hydrogen (secondary N) is 2. The Labute approximate surface area is 205 Å². The number of hydrogen-bond acceptors (Lipinski definition) is 6. The molecule has 5 rings (SSSR count). The molecule has 0 radical (unpaired) electrons. The molecule has 2 aromatic carbocycles. The normalized spacial score (nSPS) is 19.6. The first-order valence-electron chi connectivity index (χ1n) is 11.3. The summed E-state index contributed by atoms with van der Waals surface area (Å²) in [5.74, 6) is -2.48. The van der Waals surface area contributed by atoms with E-state index < -0.39 is 35.1 Å². The van der Waals surface area contributed by atoms with Crippen LogP contribution in [-0.4, -0.2) is 52.0 Å². The molecular formula is C26H23FN4O5. The standard InChI is InChI=1S/C26H23FN4O5/c1-14(15-5-7-16(8-6-15)22-18(32)4-3-11-28-22)26(24(34)29-25(35)30-26)13-31-12-17-9-10-19(36-2)21(27)20(17)23(31)33/h3-11,14,32H,12-13H2,1-2H3,(H2,29,30,34,35). The zero-order chi connectivity index (χ0) is 25.6. The summed E-state index contributed by atoms with van der Waals surface area (Å²) in [7, 11) is 1.32. The van der Waals surface area contributed by atoms with Crippen LogP contribution in [0.25, 0.3) is 11.3 Å². The summed E-state index contributed by atoms with van der Waals surface area (Å²) in [6, 6.07) is 12.6. The van der Waals surface area contributed by atoms with Gasteiger partial charge in [-0.1, -0.05) is 37.3 Å². The number of pyridine rings is 1. The van der Waals surface area contributed by atoms with Crippen molar-refractivity contribution < 1.29 is 28.6 Å². The minimum Gasteiger partial charge on any atom is -0.506 e. The average Bonchev–Trinajstić information content (AvgIpc) is 3.34. The van der Waals surface area contributed by atoms with Gasteiger partial charge in [0.25, 0.3) is 11.8 Å². The van der Waals surface area contributed by atoms with Crippen molar-refractivity contribution in [3.63, 3.8) is 0 Å². The number of fused-ring (bicyclic) bond motifs is 1. The molecule has 3 heterocycles. The number of aromatic hydroxyl groups is 1. The summed E-state index contributed by atoms with van der Waals surface area (Å²) in [6.07, 6.45) is 1.57. The minimum atomic E-state index is -1.48. The lowest BCUT2D eigenvalue weighted by molar-refractivity contribution is -0.125. The van der Waals surface area contributed by atoms with Gasteiger partial charge in [-0.2, -0.15) is 0 Å². The number of benzene rings is 2. The van der Waals surface area contributed by atoms with Crippen molar-refractivity contribution in [2.24, 2.45) is 0 Å². The van der Waals surface area contributed by atoms with E-state index in [-0.39, 0.29) is 30.2 Å². The number of rotatable bonds is 6. The number of halogens is 1. The lowest BCUT2D eigenvalue weighted by Gasteiger charge is -2.36. The van der Waals surface area contributed by atoms with Gasteiger partial charge in [-0.05, 0) is 29.3 Å². The monoisotopic (exact) mass is 490 g/mol. The second-order valence-corrected chi connectivity index (χ2v) is 8.87. The van der Waals surface area contributed by atoms with Gasteiger partial charge in [0.05, 0.1) is 19.2 Å². The molecule has 3 N–H and O–H groups in total. The highest BCUT2D eigenvalue weighted by Gasteiger charge is 2.53. The summed E-state index contributed by atoms with van der Waals surface area (Å²) in [4.78, 5) is 44.1. The van der Waals surface area contributed by atoms with Crippen LogP contribution in [0, 0.1) is 5.82 Å². The largest absolute Gasteiger partial charge is 0.506 e. The molecule has 2 aliphatic rings. The van der Waals surface area contributed by atoms with Crippen LogP contribution in [0.2, 0.25) is 0 Å². The fourth-order valence-electron chi connectivity index (χ4n) is 4.87. The van der Waals surface area contributed by atoms with Crippen LogP contribution in [0.5, 0.6) is 11.5 Å². The van der Waals surface area contributed by atoms with Crippen LogP contribution in [0.15, 0.2) is 54.7 Å². The van der Waals surface area contributed by atoms with Crippen molar-refractivity contribution in [3.8, 4) is 22.8 Å². The molecule has 0 aliphatic carbocycles. The number of ether oxygens (including phenoxy) is 1. The Balaban J connectivity index is 1.46. The van der Waals surface area contributed by atoms with Crippen molar-refractivity contribution in [2.45, 2.75) is 24.9 Å². The Kier molecular flexibility index (Phi) is 5.58. The molecule has 4 amide bonds. The number of nitrogens with zero attached hydrogens (tertiary/aromatic N) is 2. The number of carbonyl (C=O) groups excluding carboxylic acids is 3. The maximum atomic E-state index is 14.8. The Morgan fingerprint density at radius 3 is 2.56 bits per heavy atom. The van der Waals surface area contributed by atoms with Crippen molar-refractivity contribution in [1.82, 2.24) is 20.5 Å². The topological polar surface area (TPSA) is 121 Å². The van der Waals surface area contributed by atoms with Crippen LogP contribution in [0.1, 0.15) is 34.3 Å². The number of amides is 4. The highest BCUT2D eigenvalue weighted by atomic mass is 19.1. The predicted molar refractivity (Wildman–Crippen MR) is 127 cm³/mol. The van der Waals surface area contributed by atoms with Crippen LogP contribution in [-0.2, 0) is 11.3 Å². The SMILES string of the molecule is COc1ccc2c(c1F)C(=O)N(CC1(C(C)c3ccc(-c4ncccc4O)cc3)NC(=O)NC1=O)C2. The van der Waals surface area contributed by atoms with E-state index in [1.54, 1.807) is 49.5 Å². The summed E-state index contributed by atoms with van der Waals surface area (Å²) < 4.78 is 19.8. The first-order valence-corrected chi connectivity index (χ1v) is 11.3. The molecule has 2 unspecified atom stereocenters.